The van der Waals surface area contributed by atoms with Crippen molar-refractivity contribution in [3.05, 3.63) is 53.2 Å². The third-order valence-corrected chi connectivity index (χ3v) is 4.21. The molecule has 0 N–H and O–H groups in total. The van der Waals surface area contributed by atoms with E-state index in [4.69, 9.17) is 25.8 Å². The predicted molar refractivity (Wildman–Crippen MR) is 92.8 cm³/mol. The number of halogens is 1. The van der Waals surface area contributed by atoms with Crippen LogP contribution in [0.15, 0.2) is 42.6 Å². The Balaban J connectivity index is 1.53. The first kappa shape index (κ1) is 17.0. The van der Waals surface area contributed by atoms with Crippen molar-refractivity contribution < 1.29 is 14.2 Å². The van der Waals surface area contributed by atoms with E-state index in [1.165, 1.54) is 5.56 Å². The van der Waals surface area contributed by atoms with Gasteiger partial charge in [-0.15, -0.1) is 0 Å². The third kappa shape index (κ3) is 4.60. The van der Waals surface area contributed by atoms with E-state index >= 15 is 0 Å². The summed E-state index contributed by atoms with van der Waals surface area (Å²) < 4.78 is 16.8. The van der Waals surface area contributed by atoms with E-state index in [-0.39, 0.29) is 6.10 Å². The van der Waals surface area contributed by atoms with Crippen LogP contribution in [0.1, 0.15) is 5.56 Å². The van der Waals surface area contributed by atoms with Crippen LogP contribution in [0.4, 0.5) is 0 Å². The molecule has 1 aliphatic rings. The van der Waals surface area contributed by atoms with Gasteiger partial charge in [-0.2, -0.15) is 0 Å². The summed E-state index contributed by atoms with van der Waals surface area (Å²) in [6.45, 7) is 3.73. The van der Waals surface area contributed by atoms with Crippen LogP contribution in [0.3, 0.4) is 0 Å². The first-order valence-electron chi connectivity index (χ1n) is 7.95. The predicted octanol–water partition coefficient (Wildman–Crippen LogP) is 3.02. The fourth-order valence-corrected chi connectivity index (χ4v) is 2.89. The summed E-state index contributed by atoms with van der Waals surface area (Å²) in [6, 6.07) is 11.5. The maximum Gasteiger partial charge on any atom is 0.213 e. The maximum absolute atomic E-state index is 6.08. The van der Waals surface area contributed by atoms with E-state index in [0.717, 1.165) is 19.6 Å². The van der Waals surface area contributed by atoms with Crippen LogP contribution in [-0.2, 0) is 11.3 Å². The van der Waals surface area contributed by atoms with Gasteiger partial charge in [-0.05, 0) is 23.8 Å². The van der Waals surface area contributed by atoms with E-state index in [0.29, 0.717) is 29.9 Å². The minimum absolute atomic E-state index is 0.0370. The highest BCUT2D eigenvalue weighted by atomic mass is 35.5. The number of methoxy groups -OCH3 is 1. The monoisotopic (exact) mass is 348 g/mol. The molecule has 128 valence electrons. The van der Waals surface area contributed by atoms with Gasteiger partial charge in [0.25, 0.3) is 0 Å². The second-order valence-electron chi connectivity index (χ2n) is 5.68. The van der Waals surface area contributed by atoms with Gasteiger partial charge in [-0.25, -0.2) is 4.98 Å². The molecule has 2 aromatic rings. The Morgan fingerprint density at radius 2 is 2.25 bits per heavy atom. The van der Waals surface area contributed by atoms with Crippen LogP contribution in [-0.4, -0.2) is 49.4 Å². The van der Waals surface area contributed by atoms with Gasteiger partial charge in [0.1, 0.15) is 18.5 Å². The molecule has 1 fully saturated rings. The molecular weight excluding hydrogens is 328 g/mol. The molecule has 0 bridgehead atoms. The van der Waals surface area contributed by atoms with Gasteiger partial charge in [-0.3, -0.25) is 4.90 Å². The van der Waals surface area contributed by atoms with Crippen molar-refractivity contribution in [3.63, 3.8) is 0 Å². The second kappa shape index (κ2) is 8.33. The zero-order chi connectivity index (χ0) is 16.8. The first-order valence-corrected chi connectivity index (χ1v) is 8.32. The molecule has 0 spiro atoms. The lowest BCUT2D eigenvalue weighted by molar-refractivity contribution is -0.0510. The van der Waals surface area contributed by atoms with Gasteiger partial charge >= 0.3 is 0 Å². The lowest BCUT2D eigenvalue weighted by Gasteiger charge is -2.32. The number of morpholine rings is 1. The fraction of sp³-hybridized carbons (Fsp3) is 0.389. The number of ether oxygens (including phenoxy) is 3. The van der Waals surface area contributed by atoms with Crippen LogP contribution in [0.2, 0.25) is 5.02 Å². The minimum atomic E-state index is 0.0370. The van der Waals surface area contributed by atoms with E-state index < -0.39 is 0 Å². The highest BCUT2D eigenvalue weighted by molar-refractivity contribution is 6.32. The Bertz CT molecular complexity index is 654. The van der Waals surface area contributed by atoms with E-state index in [1.807, 2.05) is 36.4 Å². The van der Waals surface area contributed by atoms with Crippen molar-refractivity contribution in [2.45, 2.75) is 12.6 Å². The summed E-state index contributed by atoms with van der Waals surface area (Å²) in [4.78, 5) is 6.51. The Kier molecular flexibility index (Phi) is 5.91. The Hall–Kier alpha value is -1.82. The lowest BCUT2D eigenvalue weighted by atomic mass is 10.2. The summed E-state index contributed by atoms with van der Waals surface area (Å²) in [5.41, 5.74) is 1.17. The SMILES string of the molecule is COc1cc(CN2CCO[C@H](COc3ccccn3)C2)ccc1Cl. The molecule has 2 heterocycles. The molecule has 0 unspecified atom stereocenters. The topological polar surface area (TPSA) is 43.8 Å². The van der Waals surface area contributed by atoms with Gasteiger partial charge in [0, 0.05) is 31.9 Å². The number of nitrogens with zero attached hydrogens (tertiary/aromatic N) is 2. The van der Waals surface area contributed by atoms with E-state index in [2.05, 4.69) is 9.88 Å². The molecule has 3 rings (SSSR count). The summed E-state index contributed by atoms with van der Waals surface area (Å²) in [7, 11) is 1.63. The first-order chi connectivity index (χ1) is 11.7. The van der Waals surface area contributed by atoms with Gasteiger partial charge in [-0.1, -0.05) is 23.7 Å². The molecule has 6 heteroatoms. The quantitative estimate of drug-likeness (QED) is 0.803. The van der Waals surface area contributed by atoms with Crippen molar-refractivity contribution in [3.8, 4) is 11.6 Å². The van der Waals surface area contributed by atoms with Crippen LogP contribution >= 0.6 is 11.6 Å². The number of pyridine rings is 1. The molecule has 1 atom stereocenters. The van der Waals surface area contributed by atoms with Crippen molar-refractivity contribution in [1.82, 2.24) is 9.88 Å². The van der Waals surface area contributed by atoms with Gasteiger partial charge < -0.3 is 14.2 Å². The molecule has 1 saturated heterocycles. The van der Waals surface area contributed by atoms with Crippen LogP contribution in [0, 0.1) is 0 Å². The average molecular weight is 349 g/mol. The van der Waals surface area contributed by atoms with Gasteiger partial charge in [0.2, 0.25) is 5.88 Å². The normalized spacial score (nSPS) is 18.3. The molecule has 0 aliphatic carbocycles. The highest BCUT2D eigenvalue weighted by Gasteiger charge is 2.21. The van der Waals surface area contributed by atoms with Crippen molar-refractivity contribution in [2.75, 3.05) is 33.4 Å². The Morgan fingerprint density at radius 1 is 1.33 bits per heavy atom. The summed E-state index contributed by atoms with van der Waals surface area (Å²) in [5, 5.41) is 0.630. The van der Waals surface area contributed by atoms with Crippen LogP contribution in [0.5, 0.6) is 11.6 Å². The molecule has 0 saturated carbocycles. The number of rotatable bonds is 6. The molecule has 5 nitrogen and oxygen atoms in total. The number of benzene rings is 1. The molecule has 0 amide bonds. The fourth-order valence-electron chi connectivity index (χ4n) is 2.70. The number of hydrogen-bond acceptors (Lipinski definition) is 5. The smallest absolute Gasteiger partial charge is 0.213 e. The molecule has 24 heavy (non-hydrogen) atoms. The molecule has 0 radical (unpaired) electrons. The standard InChI is InChI=1S/C18H21ClN2O3/c1-22-17-10-14(5-6-16(17)19)11-21-8-9-23-15(12-21)13-24-18-4-2-3-7-20-18/h2-7,10,15H,8-9,11-13H2,1H3/t15-/m0/s1. The lowest BCUT2D eigenvalue weighted by Crippen LogP contribution is -2.44. The van der Waals surface area contributed by atoms with Crippen LogP contribution in [0.25, 0.3) is 0 Å². The maximum atomic E-state index is 6.08. The van der Waals surface area contributed by atoms with E-state index in [1.54, 1.807) is 13.3 Å². The third-order valence-electron chi connectivity index (χ3n) is 3.90. The Morgan fingerprint density at radius 3 is 3.04 bits per heavy atom. The molecule has 1 aliphatic heterocycles. The summed E-state index contributed by atoms with van der Waals surface area (Å²) in [5.74, 6) is 1.33. The van der Waals surface area contributed by atoms with Crippen molar-refractivity contribution >= 4 is 11.6 Å². The molecule has 1 aromatic carbocycles. The van der Waals surface area contributed by atoms with Crippen LogP contribution < -0.4 is 9.47 Å². The highest BCUT2D eigenvalue weighted by Crippen LogP contribution is 2.26. The molecular formula is C18H21ClN2O3. The minimum Gasteiger partial charge on any atom is -0.495 e. The summed E-state index contributed by atoms with van der Waals surface area (Å²) in [6.07, 6.45) is 1.76. The number of hydrogen-bond donors (Lipinski definition) is 0. The van der Waals surface area contributed by atoms with Gasteiger partial charge in [0.05, 0.1) is 18.7 Å². The van der Waals surface area contributed by atoms with Gasteiger partial charge in [0.15, 0.2) is 0 Å². The number of aromatic nitrogens is 1. The zero-order valence-electron chi connectivity index (χ0n) is 13.7. The van der Waals surface area contributed by atoms with Crippen molar-refractivity contribution in [1.29, 1.82) is 0 Å². The summed E-state index contributed by atoms with van der Waals surface area (Å²) >= 11 is 6.08. The van der Waals surface area contributed by atoms with E-state index in [9.17, 15) is 0 Å². The van der Waals surface area contributed by atoms with Crippen molar-refractivity contribution in [2.24, 2.45) is 0 Å². The Labute approximate surface area is 147 Å². The molecule has 1 aromatic heterocycles. The average Bonchev–Trinajstić information content (AvgIpc) is 2.63. The zero-order valence-corrected chi connectivity index (χ0v) is 14.4. The largest absolute Gasteiger partial charge is 0.495 e. The second-order valence-corrected chi connectivity index (χ2v) is 6.08.